The predicted octanol–water partition coefficient (Wildman–Crippen LogP) is 4.17. The lowest BCUT2D eigenvalue weighted by molar-refractivity contribution is -0.131. The fraction of sp³-hybridized carbons (Fsp3) is 0.417. The smallest absolute Gasteiger partial charge is 0.223 e. The van der Waals surface area contributed by atoms with E-state index >= 15 is 0 Å². The van der Waals surface area contributed by atoms with Crippen LogP contribution in [0.25, 0.3) is 0 Å². The summed E-state index contributed by atoms with van der Waals surface area (Å²) in [5.41, 5.74) is 3.30. The number of nitrogens with zero attached hydrogens (tertiary/aromatic N) is 3. The van der Waals surface area contributed by atoms with Crippen molar-refractivity contribution in [1.82, 2.24) is 15.1 Å². The maximum absolute atomic E-state index is 14.0. The van der Waals surface area contributed by atoms with Gasteiger partial charge in [0.05, 0.1) is 7.11 Å². The molecule has 1 heterocycles. The number of carbonyl (C=O) groups is 1. The number of methoxy groups -OCH3 is 1. The molecular formula is C24H32FIN4O2. The van der Waals surface area contributed by atoms with Crippen molar-refractivity contribution in [3.63, 3.8) is 0 Å². The number of fused-ring (bicyclic) bond motifs is 1. The zero-order valence-electron chi connectivity index (χ0n) is 18.9. The Morgan fingerprint density at radius 2 is 1.91 bits per heavy atom. The van der Waals surface area contributed by atoms with E-state index in [1.165, 1.54) is 24.3 Å². The van der Waals surface area contributed by atoms with Gasteiger partial charge in [-0.3, -0.25) is 9.79 Å². The second-order valence-electron chi connectivity index (χ2n) is 7.68. The Morgan fingerprint density at radius 3 is 2.50 bits per heavy atom. The Morgan fingerprint density at radius 1 is 1.22 bits per heavy atom. The molecule has 0 bridgehead atoms. The van der Waals surface area contributed by atoms with Gasteiger partial charge >= 0.3 is 0 Å². The Balaban J connectivity index is 0.00000363. The summed E-state index contributed by atoms with van der Waals surface area (Å²) in [5.74, 6) is 0.758. The van der Waals surface area contributed by atoms with Crippen molar-refractivity contribution in [1.29, 1.82) is 0 Å². The molecule has 0 aliphatic carbocycles. The van der Waals surface area contributed by atoms with Crippen LogP contribution >= 0.6 is 24.0 Å². The van der Waals surface area contributed by atoms with Gasteiger partial charge in [0.15, 0.2) is 17.5 Å². The lowest BCUT2D eigenvalue weighted by Gasteiger charge is -2.22. The van der Waals surface area contributed by atoms with Crippen molar-refractivity contribution in [3.8, 4) is 5.75 Å². The topological polar surface area (TPSA) is 57.2 Å². The average molecular weight is 554 g/mol. The number of carbonyl (C=O) groups excluding carboxylic acids is 1. The number of hydrogen-bond donors (Lipinski definition) is 1. The molecule has 174 valence electrons. The maximum atomic E-state index is 14.0. The number of benzene rings is 2. The van der Waals surface area contributed by atoms with Gasteiger partial charge in [0.2, 0.25) is 5.91 Å². The summed E-state index contributed by atoms with van der Waals surface area (Å²) in [6, 6.07) is 13.1. The minimum atomic E-state index is -0.377. The molecule has 3 rings (SSSR count). The highest BCUT2D eigenvalue weighted by Crippen LogP contribution is 2.23. The number of rotatable bonds is 8. The number of guanidine groups is 1. The van der Waals surface area contributed by atoms with Gasteiger partial charge in [0.25, 0.3) is 0 Å². The zero-order chi connectivity index (χ0) is 22.2. The summed E-state index contributed by atoms with van der Waals surface area (Å²) in [7, 11) is 3.36. The highest BCUT2D eigenvalue weighted by atomic mass is 127. The lowest BCUT2D eigenvalue weighted by atomic mass is 10.1. The Kier molecular flexibility index (Phi) is 10.2. The molecular weight excluding hydrogens is 522 g/mol. The standard InChI is InChI=1S/C24H31FN4O2.HI/c1-4-26-24(28(2)15-18-11-12-22(31-3)21(25)14-18)27-13-7-10-23(30)29-16-19-8-5-6-9-20(19)17-29;/h5-6,8-9,11-12,14H,4,7,10,13,15-17H2,1-3H3,(H,26,27);1H. The van der Waals surface area contributed by atoms with Crippen LogP contribution in [0.2, 0.25) is 0 Å². The molecule has 0 unspecified atom stereocenters. The number of halogens is 2. The third-order valence-corrected chi connectivity index (χ3v) is 5.34. The van der Waals surface area contributed by atoms with Crippen LogP contribution in [0.15, 0.2) is 47.5 Å². The molecule has 0 fully saturated rings. The lowest BCUT2D eigenvalue weighted by Crippen LogP contribution is -2.38. The molecule has 0 atom stereocenters. The van der Waals surface area contributed by atoms with Crippen LogP contribution in [-0.4, -0.2) is 48.9 Å². The fourth-order valence-electron chi connectivity index (χ4n) is 3.71. The van der Waals surface area contributed by atoms with E-state index in [0.717, 1.165) is 18.1 Å². The van der Waals surface area contributed by atoms with Gasteiger partial charge in [-0.1, -0.05) is 30.3 Å². The van der Waals surface area contributed by atoms with E-state index in [4.69, 9.17) is 4.74 Å². The summed E-state index contributed by atoms with van der Waals surface area (Å²) in [6.07, 6.45) is 1.16. The normalized spacial score (nSPS) is 12.8. The van der Waals surface area contributed by atoms with Gasteiger partial charge in [-0.05, 0) is 42.2 Å². The van der Waals surface area contributed by atoms with Gasteiger partial charge in [0, 0.05) is 46.2 Å². The van der Waals surface area contributed by atoms with Crippen LogP contribution in [-0.2, 0) is 24.4 Å². The van der Waals surface area contributed by atoms with Crippen molar-refractivity contribution in [2.75, 3.05) is 27.2 Å². The second-order valence-corrected chi connectivity index (χ2v) is 7.68. The Labute approximate surface area is 206 Å². The fourth-order valence-corrected chi connectivity index (χ4v) is 3.71. The minimum Gasteiger partial charge on any atom is -0.494 e. The molecule has 1 aliphatic heterocycles. The van der Waals surface area contributed by atoms with E-state index in [-0.39, 0.29) is 41.5 Å². The van der Waals surface area contributed by atoms with Crippen LogP contribution in [0.4, 0.5) is 4.39 Å². The van der Waals surface area contributed by atoms with Crippen LogP contribution in [0.3, 0.4) is 0 Å². The van der Waals surface area contributed by atoms with E-state index in [1.807, 2.05) is 42.0 Å². The second kappa shape index (κ2) is 12.6. The highest BCUT2D eigenvalue weighted by Gasteiger charge is 2.22. The van der Waals surface area contributed by atoms with Crippen molar-refractivity contribution in [3.05, 3.63) is 65.0 Å². The van der Waals surface area contributed by atoms with Gasteiger partial charge in [-0.15, -0.1) is 24.0 Å². The molecule has 1 amide bonds. The van der Waals surface area contributed by atoms with Crippen molar-refractivity contribution >= 4 is 35.8 Å². The van der Waals surface area contributed by atoms with Crippen molar-refractivity contribution in [2.24, 2.45) is 4.99 Å². The van der Waals surface area contributed by atoms with Gasteiger partial charge in [-0.25, -0.2) is 4.39 Å². The molecule has 1 aliphatic rings. The first kappa shape index (κ1) is 25.9. The van der Waals surface area contributed by atoms with E-state index < -0.39 is 0 Å². The Bertz CT molecular complexity index is 913. The van der Waals surface area contributed by atoms with Gasteiger partial charge < -0.3 is 19.9 Å². The van der Waals surface area contributed by atoms with Gasteiger partial charge in [0.1, 0.15) is 0 Å². The molecule has 0 radical (unpaired) electrons. The average Bonchev–Trinajstić information content (AvgIpc) is 3.20. The summed E-state index contributed by atoms with van der Waals surface area (Å²) in [5, 5.41) is 3.26. The molecule has 0 spiro atoms. The molecule has 6 nitrogen and oxygen atoms in total. The van der Waals surface area contributed by atoms with E-state index in [9.17, 15) is 9.18 Å². The van der Waals surface area contributed by atoms with E-state index in [2.05, 4.69) is 22.4 Å². The maximum Gasteiger partial charge on any atom is 0.223 e. The zero-order valence-corrected chi connectivity index (χ0v) is 21.3. The number of amides is 1. The first-order valence-electron chi connectivity index (χ1n) is 10.7. The molecule has 2 aromatic rings. The van der Waals surface area contributed by atoms with Crippen molar-refractivity contribution < 1.29 is 13.9 Å². The summed E-state index contributed by atoms with van der Waals surface area (Å²) < 4.78 is 18.9. The van der Waals surface area contributed by atoms with E-state index in [0.29, 0.717) is 39.0 Å². The molecule has 32 heavy (non-hydrogen) atoms. The third kappa shape index (κ3) is 6.82. The molecule has 0 saturated heterocycles. The monoisotopic (exact) mass is 554 g/mol. The molecule has 2 aromatic carbocycles. The van der Waals surface area contributed by atoms with E-state index in [1.54, 1.807) is 6.07 Å². The number of ether oxygens (including phenoxy) is 1. The molecule has 0 saturated carbocycles. The number of nitrogens with one attached hydrogen (secondary N) is 1. The predicted molar refractivity (Wildman–Crippen MR) is 136 cm³/mol. The van der Waals surface area contributed by atoms with Crippen LogP contribution < -0.4 is 10.1 Å². The Hall–Kier alpha value is -2.36. The number of hydrogen-bond acceptors (Lipinski definition) is 3. The highest BCUT2D eigenvalue weighted by molar-refractivity contribution is 14.0. The number of aliphatic imine (C=N–C) groups is 1. The third-order valence-electron chi connectivity index (χ3n) is 5.34. The quantitative estimate of drug-likeness (QED) is 0.231. The molecule has 0 aromatic heterocycles. The van der Waals surface area contributed by atoms with Crippen LogP contribution in [0.5, 0.6) is 5.75 Å². The first-order valence-corrected chi connectivity index (χ1v) is 10.7. The van der Waals surface area contributed by atoms with Crippen molar-refractivity contribution in [2.45, 2.75) is 39.4 Å². The molecule has 8 heteroatoms. The minimum absolute atomic E-state index is 0. The molecule has 1 N–H and O–H groups in total. The van der Waals surface area contributed by atoms with Crippen LogP contribution in [0, 0.1) is 5.82 Å². The first-order chi connectivity index (χ1) is 15.0. The summed E-state index contributed by atoms with van der Waals surface area (Å²) in [4.78, 5) is 21.0. The summed E-state index contributed by atoms with van der Waals surface area (Å²) >= 11 is 0. The summed E-state index contributed by atoms with van der Waals surface area (Å²) in [6.45, 7) is 5.19. The largest absolute Gasteiger partial charge is 0.494 e. The van der Waals surface area contributed by atoms with Crippen LogP contribution in [0.1, 0.15) is 36.5 Å². The SMILES string of the molecule is CCNC(=NCCCC(=O)N1Cc2ccccc2C1)N(C)Cc1ccc(OC)c(F)c1.I. The van der Waals surface area contributed by atoms with Gasteiger partial charge in [-0.2, -0.15) is 0 Å².